The summed E-state index contributed by atoms with van der Waals surface area (Å²) in [6, 6.07) is 10.5. The summed E-state index contributed by atoms with van der Waals surface area (Å²) in [5.41, 5.74) is 12.3. The molecule has 0 bridgehead atoms. The molecule has 0 aromatic heterocycles. The normalized spacial score (nSPS) is 20.6. The molecule has 2 rings (SSSR count). The van der Waals surface area contributed by atoms with Crippen molar-refractivity contribution >= 4 is 5.71 Å². The van der Waals surface area contributed by atoms with Gasteiger partial charge in [-0.1, -0.05) is 43.3 Å². The quantitative estimate of drug-likeness (QED) is 0.876. The van der Waals surface area contributed by atoms with E-state index in [0.29, 0.717) is 0 Å². The maximum atomic E-state index is 6.46. The number of nitrogens with zero attached hydrogens (tertiary/aromatic N) is 1. The molecule has 0 saturated carbocycles. The third-order valence-corrected chi connectivity index (χ3v) is 4.09. The fourth-order valence-corrected chi connectivity index (χ4v) is 2.86. The minimum atomic E-state index is 0.285. The highest BCUT2D eigenvalue weighted by Crippen LogP contribution is 2.30. The average Bonchev–Trinajstić information content (AvgIpc) is 2.63. The Kier molecular flexibility index (Phi) is 4.78. The highest BCUT2D eigenvalue weighted by atomic mass is 14.8. The molecule has 1 atom stereocenters. The van der Waals surface area contributed by atoms with E-state index in [2.05, 4.69) is 51.1 Å². The maximum absolute atomic E-state index is 6.46. The molecule has 106 valence electrons. The van der Waals surface area contributed by atoms with E-state index in [4.69, 9.17) is 10.7 Å². The predicted molar refractivity (Wildman–Crippen MR) is 87.0 cm³/mol. The minimum Gasteiger partial charge on any atom is -0.401 e. The van der Waals surface area contributed by atoms with Crippen molar-refractivity contribution in [1.29, 1.82) is 0 Å². The topological polar surface area (TPSA) is 38.4 Å². The second kappa shape index (κ2) is 6.56. The molecule has 2 nitrogen and oxygen atoms in total. The Balaban J connectivity index is 2.40. The van der Waals surface area contributed by atoms with Crippen LogP contribution in [0.2, 0.25) is 0 Å². The third kappa shape index (κ3) is 2.84. The lowest BCUT2D eigenvalue weighted by atomic mass is 9.89. The van der Waals surface area contributed by atoms with Crippen LogP contribution in [0.25, 0.3) is 0 Å². The fraction of sp³-hybridized carbons (Fsp3) is 0.389. The van der Waals surface area contributed by atoms with E-state index in [1.165, 1.54) is 11.1 Å². The Bertz CT molecular complexity index is 550. The molecule has 1 aliphatic rings. The van der Waals surface area contributed by atoms with Crippen LogP contribution >= 0.6 is 0 Å². The van der Waals surface area contributed by atoms with E-state index in [9.17, 15) is 0 Å². The molecule has 0 saturated heterocycles. The van der Waals surface area contributed by atoms with E-state index < -0.39 is 0 Å². The number of nitrogens with two attached hydrogens (primary N) is 1. The van der Waals surface area contributed by atoms with Crippen molar-refractivity contribution in [3.05, 3.63) is 58.8 Å². The maximum Gasteiger partial charge on any atom is 0.0649 e. The molecule has 2 heteroatoms. The van der Waals surface area contributed by atoms with Crippen molar-refractivity contribution in [2.45, 2.75) is 39.5 Å². The van der Waals surface area contributed by atoms with Gasteiger partial charge < -0.3 is 5.73 Å². The molecule has 2 N–H and O–H groups in total. The molecule has 0 aliphatic carbocycles. The molecule has 1 aromatic rings. The standard InChI is InChI=1S/C18H24N2/c1-4-14(5-2)18-13(3)17(19)16(11-12-20-18)15-9-7-6-8-10-15/h4,6-10,16H,5,11-12,19H2,1-3H3/b14-4+. The number of hydrogen-bond donors (Lipinski definition) is 1. The van der Waals surface area contributed by atoms with Gasteiger partial charge >= 0.3 is 0 Å². The highest BCUT2D eigenvalue weighted by Gasteiger charge is 2.22. The lowest BCUT2D eigenvalue weighted by molar-refractivity contribution is 0.711. The number of rotatable bonds is 3. The van der Waals surface area contributed by atoms with Gasteiger partial charge in [0.05, 0.1) is 5.71 Å². The zero-order valence-corrected chi connectivity index (χ0v) is 12.7. The second-order valence-electron chi connectivity index (χ2n) is 5.23. The van der Waals surface area contributed by atoms with Gasteiger partial charge in [-0.15, -0.1) is 0 Å². The molecule has 1 aliphatic heterocycles. The van der Waals surface area contributed by atoms with Gasteiger partial charge in [0.25, 0.3) is 0 Å². The van der Waals surface area contributed by atoms with Crippen LogP contribution in [0.1, 0.15) is 45.1 Å². The Morgan fingerprint density at radius 1 is 1.35 bits per heavy atom. The van der Waals surface area contributed by atoms with Crippen LogP contribution in [-0.2, 0) is 0 Å². The molecule has 0 radical (unpaired) electrons. The molecule has 1 unspecified atom stereocenters. The summed E-state index contributed by atoms with van der Waals surface area (Å²) in [7, 11) is 0. The SMILES string of the molecule is C/C=C(\CC)C1=NCCC(c2ccccc2)C(N)=C1C. The summed E-state index contributed by atoms with van der Waals surface area (Å²) in [5, 5.41) is 0. The monoisotopic (exact) mass is 268 g/mol. The molecule has 0 spiro atoms. The van der Waals surface area contributed by atoms with Crippen LogP contribution in [-0.4, -0.2) is 12.3 Å². The van der Waals surface area contributed by atoms with Crippen molar-refractivity contribution in [3.8, 4) is 0 Å². The van der Waals surface area contributed by atoms with Crippen LogP contribution in [0.15, 0.2) is 58.2 Å². The molecule has 0 fully saturated rings. The molecule has 1 aromatic carbocycles. The van der Waals surface area contributed by atoms with Crippen molar-refractivity contribution in [2.75, 3.05) is 6.54 Å². The minimum absolute atomic E-state index is 0.285. The zero-order chi connectivity index (χ0) is 14.5. The zero-order valence-electron chi connectivity index (χ0n) is 12.7. The van der Waals surface area contributed by atoms with Gasteiger partial charge in [0.2, 0.25) is 0 Å². The summed E-state index contributed by atoms with van der Waals surface area (Å²) >= 11 is 0. The molecular weight excluding hydrogens is 244 g/mol. The van der Waals surface area contributed by atoms with Crippen molar-refractivity contribution in [1.82, 2.24) is 0 Å². The van der Waals surface area contributed by atoms with Gasteiger partial charge in [0.1, 0.15) is 0 Å². The van der Waals surface area contributed by atoms with Crippen LogP contribution in [0, 0.1) is 0 Å². The Hall–Kier alpha value is -1.83. The lowest BCUT2D eigenvalue weighted by Gasteiger charge is -2.18. The number of benzene rings is 1. The summed E-state index contributed by atoms with van der Waals surface area (Å²) in [6.07, 6.45) is 4.13. The summed E-state index contributed by atoms with van der Waals surface area (Å²) in [4.78, 5) is 4.78. The number of allylic oxidation sites excluding steroid dienone is 4. The second-order valence-corrected chi connectivity index (χ2v) is 5.23. The summed E-state index contributed by atoms with van der Waals surface area (Å²) in [6.45, 7) is 7.18. The first kappa shape index (κ1) is 14.6. The Labute approximate surface area is 122 Å². The van der Waals surface area contributed by atoms with Crippen molar-refractivity contribution in [2.24, 2.45) is 10.7 Å². The van der Waals surface area contributed by atoms with E-state index in [0.717, 1.165) is 36.4 Å². The number of aliphatic imine (C=N–C) groups is 1. The van der Waals surface area contributed by atoms with Crippen LogP contribution in [0.4, 0.5) is 0 Å². The number of hydrogen-bond acceptors (Lipinski definition) is 2. The van der Waals surface area contributed by atoms with Gasteiger partial charge in [-0.2, -0.15) is 0 Å². The molecule has 20 heavy (non-hydrogen) atoms. The molecule has 0 amide bonds. The average molecular weight is 268 g/mol. The first-order chi connectivity index (χ1) is 9.69. The lowest BCUT2D eigenvalue weighted by Crippen LogP contribution is -2.15. The third-order valence-electron chi connectivity index (χ3n) is 4.09. The predicted octanol–water partition coefficient (Wildman–Crippen LogP) is 4.20. The molecular formula is C18H24N2. The smallest absolute Gasteiger partial charge is 0.0649 e. The van der Waals surface area contributed by atoms with E-state index in [1.807, 2.05) is 6.07 Å². The highest BCUT2D eigenvalue weighted by molar-refractivity contribution is 6.12. The van der Waals surface area contributed by atoms with E-state index in [1.54, 1.807) is 0 Å². The first-order valence-electron chi connectivity index (χ1n) is 7.40. The van der Waals surface area contributed by atoms with E-state index >= 15 is 0 Å². The van der Waals surface area contributed by atoms with E-state index in [-0.39, 0.29) is 5.92 Å². The van der Waals surface area contributed by atoms with Gasteiger partial charge in [-0.25, -0.2) is 0 Å². The van der Waals surface area contributed by atoms with Gasteiger partial charge in [-0.3, -0.25) is 4.99 Å². The van der Waals surface area contributed by atoms with Crippen molar-refractivity contribution < 1.29 is 0 Å². The van der Waals surface area contributed by atoms with Crippen LogP contribution in [0.3, 0.4) is 0 Å². The van der Waals surface area contributed by atoms with Crippen LogP contribution in [0.5, 0.6) is 0 Å². The van der Waals surface area contributed by atoms with Gasteiger partial charge in [0, 0.05) is 18.2 Å². The molecule has 1 heterocycles. The summed E-state index contributed by atoms with van der Waals surface area (Å²) in [5.74, 6) is 0.285. The van der Waals surface area contributed by atoms with Crippen LogP contribution < -0.4 is 5.73 Å². The van der Waals surface area contributed by atoms with Gasteiger partial charge in [-0.05, 0) is 43.4 Å². The Morgan fingerprint density at radius 2 is 2.05 bits per heavy atom. The van der Waals surface area contributed by atoms with Crippen molar-refractivity contribution in [3.63, 3.8) is 0 Å². The first-order valence-corrected chi connectivity index (χ1v) is 7.40. The largest absolute Gasteiger partial charge is 0.401 e. The van der Waals surface area contributed by atoms with Gasteiger partial charge in [0.15, 0.2) is 0 Å². The fourth-order valence-electron chi connectivity index (χ4n) is 2.86. The summed E-state index contributed by atoms with van der Waals surface area (Å²) < 4.78 is 0. The Morgan fingerprint density at radius 3 is 2.65 bits per heavy atom.